The van der Waals surface area contributed by atoms with Gasteiger partial charge in [0.25, 0.3) is 0 Å². The van der Waals surface area contributed by atoms with Gasteiger partial charge >= 0.3 is 0 Å². The molecule has 0 radical (unpaired) electrons. The molecule has 0 saturated carbocycles. The highest BCUT2D eigenvalue weighted by atomic mass is 16.3. The Hall–Kier alpha value is -0.610. The van der Waals surface area contributed by atoms with E-state index < -0.39 is 6.10 Å². The van der Waals surface area contributed by atoms with Crippen molar-refractivity contribution in [3.8, 4) is 0 Å². The molecule has 3 N–H and O–H groups in total. The molecule has 0 aromatic rings. The first-order chi connectivity index (χ1) is 7.88. The molecule has 0 spiro atoms. The number of nitrogens with one attached hydrogen (secondary N) is 2. The summed E-state index contributed by atoms with van der Waals surface area (Å²) in [6.45, 7) is 7.53. The third-order valence-electron chi connectivity index (χ3n) is 2.99. The second kappa shape index (κ2) is 6.36. The Morgan fingerprint density at radius 3 is 2.71 bits per heavy atom. The first kappa shape index (κ1) is 14.5. The number of rotatable bonds is 4. The highest BCUT2D eigenvalue weighted by molar-refractivity contribution is 5.81. The molecule has 0 bridgehead atoms. The molecule has 100 valence electrons. The predicted octanol–water partition coefficient (Wildman–Crippen LogP) is 1.04. The van der Waals surface area contributed by atoms with Gasteiger partial charge in [-0.25, -0.2) is 0 Å². The van der Waals surface area contributed by atoms with Gasteiger partial charge in [-0.15, -0.1) is 0 Å². The first-order valence-corrected chi connectivity index (χ1v) is 6.58. The highest BCUT2D eigenvalue weighted by Crippen LogP contribution is 2.20. The average molecular weight is 242 g/mol. The van der Waals surface area contributed by atoms with E-state index in [-0.39, 0.29) is 17.4 Å². The molecule has 0 aromatic carbocycles. The van der Waals surface area contributed by atoms with Crippen molar-refractivity contribution in [3.63, 3.8) is 0 Å². The van der Waals surface area contributed by atoms with Crippen LogP contribution in [0.15, 0.2) is 0 Å². The molecular weight excluding hydrogens is 216 g/mol. The lowest BCUT2D eigenvalue weighted by Gasteiger charge is -2.25. The highest BCUT2D eigenvalue weighted by Gasteiger charge is 2.22. The third-order valence-corrected chi connectivity index (χ3v) is 2.99. The molecule has 1 aliphatic heterocycles. The van der Waals surface area contributed by atoms with Gasteiger partial charge < -0.3 is 15.7 Å². The van der Waals surface area contributed by atoms with Gasteiger partial charge in [0.2, 0.25) is 5.91 Å². The lowest BCUT2D eigenvalue weighted by atomic mass is 9.89. The van der Waals surface area contributed by atoms with E-state index in [2.05, 4.69) is 31.4 Å². The van der Waals surface area contributed by atoms with Crippen molar-refractivity contribution in [1.29, 1.82) is 0 Å². The summed E-state index contributed by atoms with van der Waals surface area (Å²) in [6, 6.07) is -0.0643. The van der Waals surface area contributed by atoms with Gasteiger partial charge in [0.15, 0.2) is 0 Å². The molecule has 1 fully saturated rings. The second-order valence-electron chi connectivity index (χ2n) is 6.17. The zero-order chi connectivity index (χ0) is 12.9. The van der Waals surface area contributed by atoms with E-state index >= 15 is 0 Å². The summed E-state index contributed by atoms with van der Waals surface area (Å²) in [6.07, 6.45) is 3.40. The molecule has 1 saturated heterocycles. The topological polar surface area (TPSA) is 61.4 Å². The van der Waals surface area contributed by atoms with Crippen molar-refractivity contribution >= 4 is 5.91 Å². The van der Waals surface area contributed by atoms with Gasteiger partial charge in [-0.05, 0) is 31.2 Å². The predicted molar refractivity (Wildman–Crippen MR) is 68.7 cm³/mol. The van der Waals surface area contributed by atoms with Gasteiger partial charge in [-0.3, -0.25) is 4.79 Å². The van der Waals surface area contributed by atoms with Crippen molar-refractivity contribution < 1.29 is 9.90 Å². The Bertz CT molecular complexity index is 242. The largest absolute Gasteiger partial charge is 0.391 e. The fraction of sp³-hybridized carbons (Fsp3) is 0.923. The van der Waals surface area contributed by atoms with Crippen molar-refractivity contribution in [2.45, 2.75) is 58.6 Å². The number of carbonyl (C=O) groups excluding carboxylic acids is 1. The molecule has 1 aliphatic rings. The maximum Gasteiger partial charge on any atom is 0.237 e. The summed E-state index contributed by atoms with van der Waals surface area (Å²) >= 11 is 0. The minimum Gasteiger partial charge on any atom is -0.391 e. The monoisotopic (exact) mass is 242 g/mol. The van der Waals surface area contributed by atoms with Crippen LogP contribution in [-0.4, -0.2) is 36.2 Å². The molecule has 1 amide bonds. The Labute approximate surface area is 104 Å². The summed E-state index contributed by atoms with van der Waals surface area (Å²) in [5.41, 5.74) is 0.0905. The summed E-state index contributed by atoms with van der Waals surface area (Å²) in [5, 5.41) is 15.8. The molecule has 0 aliphatic carbocycles. The Kier molecular flexibility index (Phi) is 5.40. The Morgan fingerprint density at radius 2 is 2.18 bits per heavy atom. The van der Waals surface area contributed by atoms with E-state index in [0.717, 1.165) is 25.8 Å². The average Bonchev–Trinajstić information content (AvgIpc) is 2.25. The van der Waals surface area contributed by atoms with Crippen molar-refractivity contribution in [1.82, 2.24) is 10.6 Å². The maximum atomic E-state index is 11.8. The lowest BCUT2D eigenvalue weighted by Crippen LogP contribution is -2.48. The zero-order valence-electron chi connectivity index (χ0n) is 11.3. The smallest absolute Gasteiger partial charge is 0.237 e. The molecule has 17 heavy (non-hydrogen) atoms. The van der Waals surface area contributed by atoms with Crippen molar-refractivity contribution in [3.05, 3.63) is 0 Å². The molecular formula is C13H26N2O2. The number of piperidine rings is 1. The van der Waals surface area contributed by atoms with E-state index in [1.165, 1.54) is 0 Å². The van der Waals surface area contributed by atoms with E-state index in [1.807, 2.05) is 0 Å². The normalized spacial score (nSPS) is 23.2. The molecule has 2 atom stereocenters. The van der Waals surface area contributed by atoms with E-state index in [0.29, 0.717) is 13.0 Å². The first-order valence-electron chi connectivity index (χ1n) is 6.58. The minimum atomic E-state index is -0.456. The Balaban J connectivity index is 2.22. The standard InChI is InChI=1S/C13H26N2O2/c1-13(2,3)8-10(16)9-15-12(17)11-6-4-5-7-14-11/h10-11,14,16H,4-9H2,1-3H3,(H,15,17)/t10?,11-/m0/s1. The summed E-state index contributed by atoms with van der Waals surface area (Å²) in [4.78, 5) is 11.8. The van der Waals surface area contributed by atoms with Crippen LogP contribution in [0.1, 0.15) is 46.5 Å². The van der Waals surface area contributed by atoms with Gasteiger partial charge in [0, 0.05) is 6.54 Å². The lowest BCUT2D eigenvalue weighted by molar-refractivity contribution is -0.124. The third kappa shape index (κ3) is 6.03. The zero-order valence-corrected chi connectivity index (χ0v) is 11.3. The van der Waals surface area contributed by atoms with Crippen LogP contribution in [0.2, 0.25) is 0 Å². The van der Waals surface area contributed by atoms with Crippen LogP contribution in [0.4, 0.5) is 0 Å². The molecule has 4 nitrogen and oxygen atoms in total. The number of hydrogen-bond acceptors (Lipinski definition) is 3. The molecule has 0 aromatic heterocycles. The molecule has 1 unspecified atom stereocenters. The fourth-order valence-corrected chi connectivity index (χ4v) is 2.20. The van der Waals surface area contributed by atoms with Gasteiger partial charge in [0.1, 0.15) is 0 Å². The number of hydrogen-bond donors (Lipinski definition) is 3. The number of aliphatic hydroxyl groups is 1. The quantitative estimate of drug-likeness (QED) is 0.690. The van der Waals surface area contributed by atoms with E-state index in [9.17, 15) is 9.90 Å². The number of aliphatic hydroxyl groups excluding tert-OH is 1. The van der Waals surface area contributed by atoms with Gasteiger partial charge in [0.05, 0.1) is 12.1 Å². The van der Waals surface area contributed by atoms with Crippen molar-refractivity contribution in [2.75, 3.05) is 13.1 Å². The SMILES string of the molecule is CC(C)(C)CC(O)CNC(=O)[C@@H]1CCCCN1. The minimum absolute atomic E-state index is 0.0256. The maximum absolute atomic E-state index is 11.8. The van der Waals surface area contributed by atoms with Crippen LogP contribution < -0.4 is 10.6 Å². The van der Waals surface area contributed by atoms with E-state index in [4.69, 9.17) is 0 Å². The van der Waals surface area contributed by atoms with Crippen LogP contribution in [0.3, 0.4) is 0 Å². The van der Waals surface area contributed by atoms with Gasteiger partial charge in [-0.1, -0.05) is 27.2 Å². The van der Waals surface area contributed by atoms with Crippen LogP contribution in [-0.2, 0) is 4.79 Å². The van der Waals surface area contributed by atoms with Crippen LogP contribution in [0, 0.1) is 5.41 Å². The molecule has 1 heterocycles. The fourth-order valence-electron chi connectivity index (χ4n) is 2.20. The van der Waals surface area contributed by atoms with E-state index in [1.54, 1.807) is 0 Å². The summed E-state index contributed by atoms with van der Waals surface area (Å²) < 4.78 is 0. The summed E-state index contributed by atoms with van der Waals surface area (Å²) in [5.74, 6) is 0.0256. The van der Waals surface area contributed by atoms with Crippen LogP contribution >= 0.6 is 0 Å². The number of carbonyl (C=O) groups is 1. The molecule has 1 rings (SSSR count). The summed E-state index contributed by atoms with van der Waals surface area (Å²) in [7, 11) is 0. The van der Waals surface area contributed by atoms with Gasteiger partial charge in [-0.2, -0.15) is 0 Å². The van der Waals surface area contributed by atoms with Crippen molar-refractivity contribution in [2.24, 2.45) is 5.41 Å². The number of amides is 1. The molecule has 4 heteroatoms. The van der Waals surface area contributed by atoms with Crippen LogP contribution in [0.5, 0.6) is 0 Å². The van der Waals surface area contributed by atoms with Crippen LogP contribution in [0.25, 0.3) is 0 Å². The second-order valence-corrected chi connectivity index (χ2v) is 6.17. The Morgan fingerprint density at radius 1 is 1.47 bits per heavy atom.